The molecular formula is C17H22F3N3O2. The van der Waals surface area contributed by atoms with Crippen molar-refractivity contribution in [3.63, 3.8) is 0 Å². The number of carbonyl (C=O) groups is 1. The average Bonchev–Trinajstić information content (AvgIpc) is 3.08. The number of nitrogens with one attached hydrogen (secondary N) is 1. The van der Waals surface area contributed by atoms with Gasteiger partial charge in [0, 0.05) is 43.6 Å². The molecule has 2 unspecified atom stereocenters. The maximum atomic E-state index is 14.1. The molecule has 2 aliphatic heterocycles. The molecule has 5 nitrogen and oxygen atoms in total. The lowest BCUT2D eigenvalue weighted by atomic mass is 9.72. The molecular weight excluding hydrogens is 335 g/mol. The molecule has 0 aromatic carbocycles. The van der Waals surface area contributed by atoms with Gasteiger partial charge in [0.2, 0.25) is 0 Å². The van der Waals surface area contributed by atoms with Crippen LogP contribution in [0, 0.1) is 11.8 Å². The molecule has 138 valence electrons. The molecule has 4 aliphatic rings. The summed E-state index contributed by atoms with van der Waals surface area (Å²) in [5.74, 6) is -3.47. The summed E-state index contributed by atoms with van der Waals surface area (Å²) in [6.07, 6.45) is 2.10. The van der Waals surface area contributed by atoms with E-state index in [1.54, 1.807) is 0 Å². The second kappa shape index (κ2) is 6.32. The van der Waals surface area contributed by atoms with E-state index >= 15 is 0 Å². The molecule has 8 heteroatoms. The Morgan fingerprint density at radius 3 is 2.76 bits per heavy atom. The summed E-state index contributed by atoms with van der Waals surface area (Å²) in [7, 11) is 0. The quantitative estimate of drug-likeness (QED) is 0.796. The van der Waals surface area contributed by atoms with E-state index in [1.807, 2.05) is 0 Å². The lowest BCUT2D eigenvalue weighted by molar-refractivity contribution is 0.0924. The van der Waals surface area contributed by atoms with Gasteiger partial charge in [0.05, 0.1) is 6.04 Å². The normalized spacial score (nSPS) is 42.1. The molecule has 3 fully saturated rings. The zero-order valence-electron chi connectivity index (χ0n) is 13.8. The van der Waals surface area contributed by atoms with Gasteiger partial charge in [-0.1, -0.05) is 0 Å². The third kappa shape index (κ3) is 3.06. The second-order valence-corrected chi connectivity index (χ2v) is 7.54. The third-order valence-corrected chi connectivity index (χ3v) is 6.09. The Labute approximate surface area is 144 Å². The molecule has 2 saturated heterocycles. The number of likely N-dealkylation sites (tertiary alicyclic amines) is 1. The molecule has 6 atom stereocenters. The smallest absolute Gasteiger partial charge is 0.407 e. The first kappa shape index (κ1) is 16.9. The van der Waals surface area contributed by atoms with E-state index < -0.39 is 23.4 Å². The van der Waals surface area contributed by atoms with Crippen LogP contribution in [-0.2, 0) is 4.74 Å². The first-order valence-corrected chi connectivity index (χ1v) is 8.80. The number of ether oxygens (including phenoxy) is 1. The SMILES string of the molecule is NC1C[C@@H](N2C[C@@H]3NC(=O)O[C@@H]3C2)CC[C@@H]1C1CC(F)=C(F)C=C1F. The highest BCUT2D eigenvalue weighted by Gasteiger charge is 2.46. The number of alkyl carbamates (subject to hydrolysis) is 1. The molecule has 0 radical (unpaired) electrons. The summed E-state index contributed by atoms with van der Waals surface area (Å²) < 4.78 is 46.1. The van der Waals surface area contributed by atoms with Crippen LogP contribution in [0.5, 0.6) is 0 Å². The second-order valence-electron chi connectivity index (χ2n) is 7.54. The van der Waals surface area contributed by atoms with Gasteiger partial charge in [-0.25, -0.2) is 18.0 Å². The van der Waals surface area contributed by atoms with Crippen molar-refractivity contribution >= 4 is 6.09 Å². The van der Waals surface area contributed by atoms with Crippen LogP contribution < -0.4 is 11.1 Å². The van der Waals surface area contributed by atoms with Gasteiger partial charge in [-0.05, 0) is 25.2 Å². The standard InChI is InChI=1S/C17H22F3N3O2/c18-11-5-13(20)12(19)4-10(11)9-2-1-8(3-14(9)21)23-6-15-16(7-23)25-17(24)22-15/h5,8-10,14-16H,1-4,6-7,21H2,(H,22,24)/t8-,9+,10?,14?,15-,16+/m0/s1. The molecule has 0 aromatic heterocycles. The highest BCUT2D eigenvalue weighted by molar-refractivity contribution is 5.70. The van der Waals surface area contributed by atoms with Crippen molar-refractivity contribution < 1.29 is 22.7 Å². The average molecular weight is 357 g/mol. The zero-order valence-corrected chi connectivity index (χ0v) is 13.8. The maximum absolute atomic E-state index is 14.1. The number of fused-ring (bicyclic) bond motifs is 1. The predicted octanol–water partition coefficient (Wildman–Crippen LogP) is 2.30. The lowest BCUT2D eigenvalue weighted by Gasteiger charge is -2.41. The number of amides is 1. The fourth-order valence-corrected chi connectivity index (χ4v) is 4.77. The van der Waals surface area contributed by atoms with Gasteiger partial charge in [0.1, 0.15) is 17.8 Å². The Morgan fingerprint density at radius 1 is 1.24 bits per heavy atom. The van der Waals surface area contributed by atoms with E-state index in [4.69, 9.17) is 10.5 Å². The van der Waals surface area contributed by atoms with Gasteiger partial charge in [0.15, 0.2) is 5.83 Å². The zero-order chi connectivity index (χ0) is 17.7. The van der Waals surface area contributed by atoms with Crippen LogP contribution in [-0.4, -0.2) is 48.3 Å². The van der Waals surface area contributed by atoms with E-state index in [9.17, 15) is 18.0 Å². The first-order chi connectivity index (χ1) is 11.9. The van der Waals surface area contributed by atoms with Gasteiger partial charge in [-0.3, -0.25) is 4.90 Å². The van der Waals surface area contributed by atoms with Crippen LogP contribution in [0.2, 0.25) is 0 Å². The number of rotatable bonds is 2. The molecule has 2 heterocycles. The minimum Gasteiger partial charge on any atom is -0.443 e. The molecule has 0 spiro atoms. The van der Waals surface area contributed by atoms with Crippen molar-refractivity contribution in [3.8, 4) is 0 Å². The van der Waals surface area contributed by atoms with E-state index in [-0.39, 0.29) is 42.7 Å². The highest BCUT2D eigenvalue weighted by Crippen LogP contribution is 2.42. The first-order valence-electron chi connectivity index (χ1n) is 8.80. The van der Waals surface area contributed by atoms with Gasteiger partial charge in [0.25, 0.3) is 0 Å². The van der Waals surface area contributed by atoms with E-state index in [0.717, 1.165) is 13.0 Å². The van der Waals surface area contributed by atoms with Crippen molar-refractivity contribution in [3.05, 3.63) is 23.6 Å². The van der Waals surface area contributed by atoms with Gasteiger partial charge in [-0.2, -0.15) is 0 Å². The fourth-order valence-electron chi connectivity index (χ4n) is 4.77. The predicted molar refractivity (Wildman–Crippen MR) is 84.4 cm³/mol. The molecule has 4 rings (SSSR count). The van der Waals surface area contributed by atoms with Crippen molar-refractivity contribution in [2.45, 2.75) is 49.9 Å². The molecule has 2 aliphatic carbocycles. The summed E-state index contributed by atoms with van der Waals surface area (Å²) in [6, 6.07) is -0.0136. The molecule has 25 heavy (non-hydrogen) atoms. The molecule has 3 N–H and O–H groups in total. The van der Waals surface area contributed by atoms with Crippen LogP contribution in [0.3, 0.4) is 0 Å². The summed E-state index contributed by atoms with van der Waals surface area (Å²) in [6.45, 7) is 1.39. The lowest BCUT2D eigenvalue weighted by Crippen LogP contribution is -2.48. The number of nitrogens with zero attached hydrogens (tertiary/aromatic N) is 1. The van der Waals surface area contributed by atoms with Gasteiger partial charge < -0.3 is 15.8 Å². The highest BCUT2D eigenvalue weighted by atomic mass is 19.2. The molecule has 0 aromatic rings. The fraction of sp³-hybridized carbons (Fsp3) is 0.706. The maximum Gasteiger partial charge on any atom is 0.407 e. The Hall–Kier alpha value is -1.54. The monoisotopic (exact) mass is 357 g/mol. The Bertz CT molecular complexity index is 623. The minimum atomic E-state index is -1.11. The van der Waals surface area contributed by atoms with E-state index in [2.05, 4.69) is 10.2 Å². The van der Waals surface area contributed by atoms with Crippen molar-refractivity contribution in [1.82, 2.24) is 10.2 Å². The number of halogens is 3. The number of carbonyl (C=O) groups excluding carboxylic acids is 1. The Balaban J connectivity index is 1.37. The number of nitrogens with two attached hydrogens (primary N) is 1. The van der Waals surface area contributed by atoms with Crippen LogP contribution in [0.1, 0.15) is 25.7 Å². The van der Waals surface area contributed by atoms with Gasteiger partial charge >= 0.3 is 6.09 Å². The Morgan fingerprint density at radius 2 is 2.04 bits per heavy atom. The van der Waals surface area contributed by atoms with Crippen LogP contribution in [0.15, 0.2) is 23.6 Å². The van der Waals surface area contributed by atoms with Gasteiger partial charge in [-0.15, -0.1) is 0 Å². The van der Waals surface area contributed by atoms with Crippen LogP contribution in [0.4, 0.5) is 18.0 Å². The van der Waals surface area contributed by atoms with E-state index in [1.165, 1.54) is 0 Å². The minimum absolute atomic E-state index is 0.0161. The van der Waals surface area contributed by atoms with Crippen molar-refractivity contribution in [2.75, 3.05) is 13.1 Å². The van der Waals surface area contributed by atoms with Crippen LogP contribution in [0.25, 0.3) is 0 Å². The summed E-state index contributed by atoms with van der Waals surface area (Å²) >= 11 is 0. The van der Waals surface area contributed by atoms with E-state index in [0.29, 0.717) is 25.5 Å². The number of allylic oxidation sites excluding steroid dienone is 4. The summed E-state index contributed by atoms with van der Waals surface area (Å²) in [4.78, 5) is 13.5. The summed E-state index contributed by atoms with van der Waals surface area (Å²) in [5, 5.41) is 2.80. The topological polar surface area (TPSA) is 67.6 Å². The van der Waals surface area contributed by atoms with Crippen molar-refractivity contribution in [1.29, 1.82) is 0 Å². The Kier molecular flexibility index (Phi) is 4.27. The number of hydrogen-bond donors (Lipinski definition) is 2. The molecule has 1 amide bonds. The molecule has 1 saturated carbocycles. The summed E-state index contributed by atoms with van der Waals surface area (Å²) in [5.41, 5.74) is 6.29. The largest absolute Gasteiger partial charge is 0.443 e. The third-order valence-electron chi connectivity index (χ3n) is 6.09. The van der Waals surface area contributed by atoms with Crippen LogP contribution >= 0.6 is 0 Å². The number of hydrogen-bond acceptors (Lipinski definition) is 4. The van der Waals surface area contributed by atoms with Crippen molar-refractivity contribution in [2.24, 2.45) is 17.6 Å². The molecule has 0 bridgehead atoms.